The summed E-state index contributed by atoms with van der Waals surface area (Å²) in [6.07, 6.45) is 2.54. The van der Waals surface area contributed by atoms with Crippen LogP contribution in [0.4, 0.5) is 0 Å². The highest BCUT2D eigenvalue weighted by Gasteiger charge is 2.16. The normalized spacial score (nSPS) is 11.3. The van der Waals surface area contributed by atoms with Gasteiger partial charge in [-0.15, -0.1) is 0 Å². The van der Waals surface area contributed by atoms with Crippen LogP contribution in [0, 0.1) is 0 Å². The van der Waals surface area contributed by atoms with E-state index in [4.69, 9.17) is 22.1 Å². The second kappa shape index (κ2) is 5.78. The van der Waals surface area contributed by atoms with Gasteiger partial charge in [-0.2, -0.15) is 0 Å². The molecule has 0 atom stereocenters. The van der Waals surface area contributed by atoms with Crippen molar-refractivity contribution in [2.75, 3.05) is 6.26 Å². The second-order valence-electron chi connectivity index (χ2n) is 4.15. The van der Waals surface area contributed by atoms with Gasteiger partial charge in [0.15, 0.2) is 9.84 Å². The summed E-state index contributed by atoms with van der Waals surface area (Å²) in [5, 5.41) is 0.345. The van der Waals surface area contributed by atoms with Crippen LogP contribution in [-0.2, 0) is 16.4 Å². The fourth-order valence-electron chi connectivity index (χ4n) is 1.59. The van der Waals surface area contributed by atoms with Crippen LogP contribution in [-0.4, -0.2) is 19.7 Å². The Morgan fingerprint density at radius 1 is 1.35 bits per heavy atom. The molecule has 0 radical (unpaired) electrons. The van der Waals surface area contributed by atoms with E-state index in [0.29, 0.717) is 17.3 Å². The van der Waals surface area contributed by atoms with E-state index >= 15 is 0 Å². The average molecular weight is 313 g/mol. The number of pyridine rings is 1. The average Bonchev–Trinajstić information content (AvgIpc) is 2.40. The molecule has 0 saturated carbocycles. The minimum absolute atomic E-state index is 0.00241. The maximum Gasteiger partial charge on any atom is 0.238 e. The lowest BCUT2D eigenvalue weighted by Crippen LogP contribution is -2.02. The molecular formula is C13H13ClN2O3S. The number of hydrogen-bond acceptors (Lipinski definition) is 5. The molecular weight excluding hydrogens is 300 g/mol. The molecule has 20 heavy (non-hydrogen) atoms. The first-order valence-electron chi connectivity index (χ1n) is 5.73. The predicted octanol–water partition coefficient (Wildman–Crippen LogP) is 2.39. The van der Waals surface area contributed by atoms with Crippen molar-refractivity contribution in [3.05, 3.63) is 47.1 Å². The fourth-order valence-corrected chi connectivity index (χ4v) is 2.57. The monoisotopic (exact) mass is 312 g/mol. The van der Waals surface area contributed by atoms with Gasteiger partial charge < -0.3 is 10.5 Å². The summed E-state index contributed by atoms with van der Waals surface area (Å²) in [5.41, 5.74) is 6.36. The van der Waals surface area contributed by atoms with Crippen LogP contribution < -0.4 is 10.5 Å². The summed E-state index contributed by atoms with van der Waals surface area (Å²) in [6.45, 7) is 0.359. The van der Waals surface area contributed by atoms with Crippen LogP contribution in [0.25, 0.3) is 0 Å². The minimum Gasteiger partial charge on any atom is -0.436 e. The lowest BCUT2D eigenvalue weighted by atomic mass is 10.2. The summed E-state index contributed by atoms with van der Waals surface area (Å²) < 4.78 is 28.8. The van der Waals surface area contributed by atoms with E-state index in [-0.39, 0.29) is 10.8 Å². The maximum absolute atomic E-state index is 11.7. The van der Waals surface area contributed by atoms with Gasteiger partial charge in [0.25, 0.3) is 0 Å². The Morgan fingerprint density at radius 2 is 2.10 bits per heavy atom. The molecule has 5 nitrogen and oxygen atoms in total. The Labute approximate surface area is 122 Å². The predicted molar refractivity (Wildman–Crippen MR) is 76.8 cm³/mol. The molecule has 7 heteroatoms. The highest BCUT2D eigenvalue weighted by atomic mass is 35.5. The van der Waals surface area contributed by atoms with Crippen LogP contribution in [0.15, 0.2) is 41.4 Å². The summed E-state index contributed by atoms with van der Waals surface area (Å²) in [4.78, 5) is 3.95. The Hall–Kier alpha value is -1.63. The number of aromatic nitrogens is 1. The summed E-state index contributed by atoms with van der Waals surface area (Å²) in [5.74, 6) is 0.324. The molecule has 0 amide bonds. The first kappa shape index (κ1) is 14.8. The van der Waals surface area contributed by atoms with Gasteiger partial charge >= 0.3 is 0 Å². The fraction of sp³-hybridized carbons (Fsp3) is 0.154. The standard InChI is InChI=1S/C13H13ClN2O3S/c1-20(17,18)12-3-2-6-16-13(12)19-11-5-4-9(8-15)7-10(11)14/h2-7H,8,15H2,1H3. The van der Waals surface area contributed by atoms with E-state index in [0.717, 1.165) is 11.8 Å². The SMILES string of the molecule is CS(=O)(=O)c1cccnc1Oc1ccc(CN)cc1Cl. The molecule has 0 aliphatic carbocycles. The van der Waals surface area contributed by atoms with Gasteiger partial charge in [0, 0.05) is 19.0 Å². The Morgan fingerprint density at radius 3 is 2.70 bits per heavy atom. The molecule has 0 bridgehead atoms. The molecule has 106 valence electrons. The van der Waals surface area contributed by atoms with Gasteiger partial charge in [0.2, 0.25) is 5.88 Å². The smallest absolute Gasteiger partial charge is 0.238 e. The summed E-state index contributed by atoms with van der Waals surface area (Å²) in [6, 6.07) is 8.01. The Kier molecular flexibility index (Phi) is 4.27. The third-order valence-corrected chi connectivity index (χ3v) is 3.98. The van der Waals surface area contributed by atoms with Crippen LogP contribution >= 0.6 is 11.6 Å². The number of benzene rings is 1. The lowest BCUT2D eigenvalue weighted by Gasteiger charge is -2.10. The van der Waals surface area contributed by atoms with Crippen LogP contribution in [0.3, 0.4) is 0 Å². The molecule has 0 fully saturated rings. The van der Waals surface area contributed by atoms with E-state index in [1.165, 1.54) is 18.3 Å². The van der Waals surface area contributed by atoms with E-state index in [9.17, 15) is 8.42 Å². The maximum atomic E-state index is 11.7. The quantitative estimate of drug-likeness (QED) is 0.937. The molecule has 0 saturated heterocycles. The van der Waals surface area contributed by atoms with Gasteiger partial charge in [0.1, 0.15) is 10.6 Å². The largest absolute Gasteiger partial charge is 0.436 e. The van der Waals surface area contributed by atoms with E-state index < -0.39 is 9.84 Å². The molecule has 1 aromatic heterocycles. The van der Waals surface area contributed by atoms with E-state index in [1.54, 1.807) is 18.2 Å². The van der Waals surface area contributed by atoms with Gasteiger partial charge in [-0.3, -0.25) is 0 Å². The first-order valence-corrected chi connectivity index (χ1v) is 8.00. The Bertz CT molecular complexity index is 732. The van der Waals surface area contributed by atoms with E-state index in [1.807, 2.05) is 0 Å². The summed E-state index contributed by atoms with van der Waals surface area (Å²) in [7, 11) is -3.43. The van der Waals surface area contributed by atoms with Gasteiger partial charge in [-0.25, -0.2) is 13.4 Å². The van der Waals surface area contributed by atoms with Crippen molar-refractivity contribution in [2.24, 2.45) is 5.73 Å². The number of sulfone groups is 1. The van der Waals surface area contributed by atoms with Crippen molar-refractivity contribution in [1.29, 1.82) is 0 Å². The van der Waals surface area contributed by atoms with E-state index in [2.05, 4.69) is 4.98 Å². The molecule has 1 aromatic carbocycles. The van der Waals surface area contributed by atoms with Crippen LogP contribution in [0.5, 0.6) is 11.6 Å². The zero-order chi connectivity index (χ0) is 14.8. The van der Waals surface area contributed by atoms with Crippen molar-refractivity contribution >= 4 is 21.4 Å². The highest BCUT2D eigenvalue weighted by molar-refractivity contribution is 7.90. The van der Waals surface area contributed by atoms with Crippen molar-refractivity contribution in [3.8, 4) is 11.6 Å². The van der Waals surface area contributed by atoms with Gasteiger partial charge in [0.05, 0.1) is 5.02 Å². The van der Waals surface area contributed by atoms with Crippen molar-refractivity contribution in [2.45, 2.75) is 11.4 Å². The zero-order valence-electron chi connectivity index (χ0n) is 10.7. The number of ether oxygens (including phenoxy) is 1. The minimum atomic E-state index is -3.43. The molecule has 0 unspecified atom stereocenters. The topological polar surface area (TPSA) is 82.3 Å². The zero-order valence-corrected chi connectivity index (χ0v) is 12.3. The molecule has 0 aliphatic rings. The van der Waals surface area contributed by atoms with Gasteiger partial charge in [-0.1, -0.05) is 17.7 Å². The third-order valence-electron chi connectivity index (χ3n) is 2.57. The second-order valence-corrected chi connectivity index (χ2v) is 6.54. The van der Waals surface area contributed by atoms with Crippen molar-refractivity contribution in [1.82, 2.24) is 4.98 Å². The molecule has 0 spiro atoms. The number of halogens is 1. The van der Waals surface area contributed by atoms with Crippen molar-refractivity contribution < 1.29 is 13.2 Å². The first-order chi connectivity index (χ1) is 9.41. The number of rotatable bonds is 4. The highest BCUT2D eigenvalue weighted by Crippen LogP contribution is 2.32. The van der Waals surface area contributed by atoms with Gasteiger partial charge in [-0.05, 0) is 29.8 Å². The molecule has 2 N–H and O–H groups in total. The molecule has 2 rings (SSSR count). The number of nitrogens with zero attached hydrogens (tertiary/aromatic N) is 1. The third kappa shape index (κ3) is 3.27. The Balaban J connectivity index is 2.41. The molecule has 0 aliphatic heterocycles. The lowest BCUT2D eigenvalue weighted by molar-refractivity contribution is 0.447. The summed E-state index contributed by atoms with van der Waals surface area (Å²) >= 11 is 6.07. The molecule has 1 heterocycles. The van der Waals surface area contributed by atoms with Crippen molar-refractivity contribution in [3.63, 3.8) is 0 Å². The number of hydrogen-bond donors (Lipinski definition) is 1. The molecule has 2 aromatic rings. The van der Waals surface area contributed by atoms with Crippen LogP contribution in [0.2, 0.25) is 5.02 Å². The number of nitrogens with two attached hydrogens (primary N) is 1. The van der Waals surface area contributed by atoms with Crippen LogP contribution in [0.1, 0.15) is 5.56 Å².